The number of nitrogens with zero attached hydrogens (tertiary/aromatic N) is 1. The predicted octanol–water partition coefficient (Wildman–Crippen LogP) is 8.37. The van der Waals surface area contributed by atoms with Gasteiger partial charge in [-0.15, -0.1) is 0 Å². The molecule has 0 fully saturated rings. The van der Waals surface area contributed by atoms with Crippen molar-refractivity contribution in [3.8, 4) is 28.2 Å². The van der Waals surface area contributed by atoms with Crippen molar-refractivity contribution in [2.24, 2.45) is 0 Å². The Morgan fingerprint density at radius 3 is 1.74 bits per heavy atom. The Morgan fingerprint density at radius 2 is 1.21 bits per heavy atom. The zero-order valence-corrected chi connectivity index (χ0v) is 19.6. The largest absolute Gasteiger partial charge is 0.321 e. The fraction of sp³-hybridized carbons (Fsp3) is 0. The smallest absolute Gasteiger partial charge is 0.255 e. The fourth-order valence-electron chi connectivity index (χ4n) is 3.93. The molecule has 0 saturated heterocycles. The molecule has 0 bridgehead atoms. The molecule has 1 heterocycles. The van der Waals surface area contributed by atoms with Gasteiger partial charge < -0.3 is 9.88 Å². The lowest BCUT2D eigenvalue weighted by atomic mass is 10.1. The minimum Gasteiger partial charge on any atom is -0.321 e. The van der Waals surface area contributed by atoms with Gasteiger partial charge in [0.15, 0.2) is 0 Å². The van der Waals surface area contributed by atoms with Crippen LogP contribution in [0.4, 0.5) is 5.69 Å². The van der Waals surface area contributed by atoms with Crippen molar-refractivity contribution in [2.75, 3.05) is 5.32 Å². The monoisotopic (exact) mass is 482 g/mol. The van der Waals surface area contributed by atoms with Gasteiger partial charge in [0.2, 0.25) is 0 Å². The van der Waals surface area contributed by atoms with Crippen LogP contribution in [0.2, 0.25) is 10.0 Å². The Balaban J connectivity index is 1.51. The summed E-state index contributed by atoms with van der Waals surface area (Å²) < 4.78 is 2.21. The van der Waals surface area contributed by atoms with Gasteiger partial charge in [-0.2, -0.15) is 0 Å². The number of anilines is 1. The van der Waals surface area contributed by atoms with E-state index in [1.165, 1.54) is 0 Å². The number of hydrogen-bond acceptors (Lipinski definition) is 1. The molecular formula is C29H20Cl2N2O. The fourth-order valence-corrected chi connectivity index (χ4v) is 4.39. The van der Waals surface area contributed by atoms with Crippen LogP contribution < -0.4 is 5.32 Å². The van der Waals surface area contributed by atoms with E-state index in [0.29, 0.717) is 21.3 Å². The lowest BCUT2D eigenvalue weighted by Crippen LogP contribution is -2.12. The normalized spacial score (nSPS) is 10.8. The highest BCUT2D eigenvalue weighted by Gasteiger charge is 2.15. The molecule has 0 saturated carbocycles. The Bertz CT molecular complexity index is 1390. The van der Waals surface area contributed by atoms with Crippen LogP contribution in [0.1, 0.15) is 10.4 Å². The second-order valence-corrected chi connectivity index (χ2v) is 8.64. The maximum absolute atomic E-state index is 12.8. The van der Waals surface area contributed by atoms with Gasteiger partial charge in [0.25, 0.3) is 5.91 Å². The molecule has 0 unspecified atom stereocenters. The molecule has 0 spiro atoms. The highest BCUT2D eigenvalue weighted by atomic mass is 35.5. The second kappa shape index (κ2) is 9.60. The van der Waals surface area contributed by atoms with Crippen LogP contribution >= 0.6 is 23.2 Å². The summed E-state index contributed by atoms with van der Waals surface area (Å²) in [5, 5.41) is 3.76. The van der Waals surface area contributed by atoms with Crippen molar-refractivity contribution in [2.45, 2.75) is 0 Å². The maximum atomic E-state index is 12.8. The van der Waals surface area contributed by atoms with Crippen molar-refractivity contribution < 1.29 is 4.79 Å². The first-order valence-electron chi connectivity index (χ1n) is 10.8. The van der Waals surface area contributed by atoms with Crippen LogP contribution in [0.5, 0.6) is 0 Å². The van der Waals surface area contributed by atoms with E-state index in [-0.39, 0.29) is 5.91 Å². The summed E-state index contributed by atoms with van der Waals surface area (Å²) in [6.45, 7) is 0. The number of rotatable bonds is 5. The molecular weight excluding hydrogens is 463 g/mol. The Morgan fingerprint density at radius 1 is 0.647 bits per heavy atom. The quantitative estimate of drug-likeness (QED) is 0.268. The molecule has 3 nitrogen and oxygen atoms in total. The van der Waals surface area contributed by atoms with E-state index in [1.54, 1.807) is 18.2 Å². The maximum Gasteiger partial charge on any atom is 0.255 e. The van der Waals surface area contributed by atoms with Crippen molar-refractivity contribution in [3.05, 3.63) is 131 Å². The van der Waals surface area contributed by atoms with E-state index >= 15 is 0 Å². The number of amides is 1. The molecule has 1 N–H and O–H groups in total. The topological polar surface area (TPSA) is 34.0 Å². The molecule has 0 aliphatic carbocycles. The zero-order chi connectivity index (χ0) is 23.5. The molecule has 1 aromatic heterocycles. The van der Waals surface area contributed by atoms with Crippen molar-refractivity contribution in [1.82, 2.24) is 4.57 Å². The van der Waals surface area contributed by atoms with Crippen LogP contribution in [0, 0.1) is 0 Å². The lowest BCUT2D eigenvalue weighted by Gasteiger charge is -2.15. The average molecular weight is 483 g/mol. The summed E-state index contributed by atoms with van der Waals surface area (Å²) in [4.78, 5) is 12.8. The molecule has 1 amide bonds. The van der Waals surface area contributed by atoms with E-state index in [2.05, 4.69) is 46.3 Å². The van der Waals surface area contributed by atoms with E-state index in [1.807, 2.05) is 60.7 Å². The summed E-state index contributed by atoms with van der Waals surface area (Å²) in [5.41, 5.74) is 6.39. The van der Waals surface area contributed by atoms with E-state index in [4.69, 9.17) is 23.2 Å². The third-order valence-electron chi connectivity index (χ3n) is 5.59. The first-order valence-corrected chi connectivity index (χ1v) is 11.6. The third-order valence-corrected chi connectivity index (χ3v) is 6.13. The summed E-state index contributed by atoms with van der Waals surface area (Å²) in [6.07, 6.45) is 0. The molecule has 0 aliphatic rings. The number of carbonyl (C=O) groups excluding carboxylic acids is 1. The van der Waals surface area contributed by atoms with Crippen LogP contribution in [-0.2, 0) is 0 Å². The Labute approximate surface area is 208 Å². The highest BCUT2D eigenvalue weighted by Crippen LogP contribution is 2.32. The van der Waals surface area contributed by atoms with Gasteiger partial charge in [0, 0.05) is 16.3 Å². The number of carbonyl (C=O) groups is 1. The number of halogens is 2. The molecule has 4 aromatic carbocycles. The molecule has 0 radical (unpaired) electrons. The second-order valence-electron chi connectivity index (χ2n) is 7.80. The van der Waals surface area contributed by atoms with Gasteiger partial charge in [0.1, 0.15) is 0 Å². The predicted molar refractivity (Wildman–Crippen MR) is 141 cm³/mol. The van der Waals surface area contributed by atoms with Crippen molar-refractivity contribution in [1.29, 1.82) is 0 Å². The van der Waals surface area contributed by atoms with Crippen LogP contribution in [0.15, 0.2) is 115 Å². The van der Waals surface area contributed by atoms with Crippen molar-refractivity contribution >= 4 is 34.8 Å². The van der Waals surface area contributed by atoms with Gasteiger partial charge >= 0.3 is 0 Å². The molecule has 34 heavy (non-hydrogen) atoms. The lowest BCUT2D eigenvalue weighted by molar-refractivity contribution is 0.102. The van der Waals surface area contributed by atoms with Crippen LogP contribution in [-0.4, -0.2) is 10.5 Å². The van der Waals surface area contributed by atoms with Crippen LogP contribution in [0.25, 0.3) is 28.2 Å². The van der Waals surface area contributed by atoms with Gasteiger partial charge in [-0.25, -0.2) is 0 Å². The minimum absolute atomic E-state index is 0.241. The summed E-state index contributed by atoms with van der Waals surface area (Å²) in [5.74, 6) is -0.241. The van der Waals surface area contributed by atoms with E-state index in [0.717, 1.165) is 28.2 Å². The third kappa shape index (κ3) is 4.49. The summed E-state index contributed by atoms with van der Waals surface area (Å²) in [7, 11) is 0. The number of nitrogens with one attached hydrogen (secondary N) is 1. The van der Waals surface area contributed by atoms with Gasteiger partial charge in [0.05, 0.1) is 22.1 Å². The van der Waals surface area contributed by atoms with E-state index < -0.39 is 0 Å². The van der Waals surface area contributed by atoms with Gasteiger partial charge in [-0.05, 0) is 65.7 Å². The first-order chi connectivity index (χ1) is 16.6. The zero-order valence-electron chi connectivity index (χ0n) is 18.1. The average Bonchev–Trinajstić information content (AvgIpc) is 3.32. The standard InChI is InChI=1S/C29H20Cl2N2O/c30-23-13-16-26(25(31)19-23)32-29(34)22-11-14-24(15-12-22)33-27(20-7-3-1-4-8-20)17-18-28(33)21-9-5-2-6-10-21/h1-19H,(H,32,34). The summed E-state index contributed by atoms with van der Waals surface area (Å²) in [6, 6.07) is 37.3. The van der Waals surface area contributed by atoms with Gasteiger partial charge in [-0.1, -0.05) is 83.9 Å². The minimum atomic E-state index is -0.241. The summed E-state index contributed by atoms with van der Waals surface area (Å²) >= 11 is 12.2. The van der Waals surface area contributed by atoms with Crippen molar-refractivity contribution in [3.63, 3.8) is 0 Å². The number of benzene rings is 4. The molecule has 5 aromatic rings. The van der Waals surface area contributed by atoms with Gasteiger partial charge in [-0.3, -0.25) is 4.79 Å². The molecule has 5 rings (SSSR count). The Kier molecular flexibility index (Phi) is 6.22. The molecule has 0 aliphatic heterocycles. The molecule has 166 valence electrons. The molecule has 5 heteroatoms. The molecule has 0 atom stereocenters. The van der Waals surface area contributed by atoms with E-state index in [9.17, 15) is 4.79 Å². The Hall–Kier alpha value is -3.79. The SMILES string of the molecule is O=C(Nc1ccc(Cl)cc1Cl)c1ccc(-n2c(-c3ccccc3)ccc2-c2ccccc2)cc1. The first kappa shape index (κ1) is 22.0. The number of hydrogen-bond donors (Lipinski definition) is 1. The van der Waals surface area contributed by atoms with Crippen LogP contribution in [0.3, 0.4) is 0 Å². The highest BCUT2D eigenvalue weighted by molar-refractivity contribution is 6.36. The number of aromatic nitrogens is 1.